The molecule has 130 valence electrons. The van der Waals surface area contributed by atoms with Crippen LogP contribution < -0.4 is 34.3 Å². The zero-order valence-corrected chi connectivity index (χ0v) is 17.7. The van der Waals surface area contributed by atoms with Crippen molar-refractivity contribution in [2.45, 2.75) is 14.7 Å². The standard InChI is InChI=1S/C13H13NO7S3.Na/c1-22(15,16)11-5-3-6-12(9-11)23(17,18)14-10-4-2-7-13(8-10)24(19,20)21;/h2-9,14H,1H3,(H,19,20,21);/q;+1/p-1. The number of sulfone groups is 1. The van der Waals surface area contributed by atoms with Gasteiger partial charge >= 0.3 is 29.6 Å². The second-order valence-electron chi connectivity index (χ2n) is 4.83. The fourth-order valence-corrected chi connectivity index (χ4v) is 4.15. The third-order valence-corrected chi connectivity index (χ3v) is 6.24. The smallest absolute Gasteiger partial charge is 0.744 e. The van der Waals surface area contributed by atoms with Crippen LogP contribution in [0.15, 0.2) is 63.2 Å². The Bertz CT molecular complexity index is 1090. The average Bonchev–Trinajstić information content (AvgIpc) is 2.45. The van der Waals surface area contributed by atoms with Crippen molar-refractivity contribution in [3.05, 3.63) is 48.5 Å². The van der Waals surface area contributed by atoms with Crippen LogP contribution in [-0.4, -0.2) is 36.1 Å². The Hall–Kier alpha value is -0.950. The molecule has 0 saturated carbocycles. The minimum absolute atomic E-state index is 0. The second kappa shape index (κ2) is 7.74. The Morgan fingerprint density at radius 1 is 0.800 bits per heavy atom. The maximum absolute atomic E-state index is 12.3. The molecular weight excluding hydrogens is 401 g/mol. The Morgan fingerprint density at radius 3 is 1.88 bits per heavy atom. The van der Waals surface area contributed by atoms with Crippen molar-refractivity contribution >= 4 is 35.7 Å². The molecule has 0 amide bonds. The Morgan fingerprint density at radius 2 is 1.32 bits per heavy atom. The molecular formula is C13H12NNaO7S3. The van der Waals surface area contributed by atoms with Gasteiger partial charge in [-0.2, -0.15) is 0 Å². The molecule has 8 nitrogen and oxygen atoms in total. The molecule has 0 radical (unpaired) electrons. The van der Waals surface area contributed by atoms with E-state index in [0.29, 0.717) is 0 Å². The molecule has 1 N–H and O–H groups in total. The van der Waals surface area contributed by atoms with Crippen LogP contribution in [0, 0.1) is 0 Å². The Balaban J connectivity index is 0.00000312. The van der Waals surface area contributed by atoms with Crippen molar-refractivity contribution in [1.82, 2.24) is 0 Å². The summed E-state index contributed by atoms with van der Waals surface area (Å²) < 4.78 is 82.7. The van der Waals surface area contributed by atoms with Gasteiger partial charge in [0.1, 0.15) is 10.1 Å². The van der Waals surface area contributed by atoms with Gasteiger partial charge in [0.2, 0.25) is 0 Å². The third kappa shape index (κ3) is 5.78. The molecule has 0 heterocycles. The molecule has 12 heteroatoms. The third-order valence-electron chi connectivity index (χ3n) is 2.92. The van der Waals surface area contributed by atoms with Crippen molar-refractivity contribution < 1.29 is 59.4 Å². The fraction of sp³-hybridized carbons (Fsp3) is 0.0769. The summed E-state index contributed by atoms with van der Waals surface area (Å²) in [5.41, 5.74) is -0.142. The van der Waals surface area contributed by atoms with Gasteiger partial charge in [0.25, 0.3) is 10.0 Å². The molecule has 0 aromatic heterocycles. The summed E-state index contributed by atoms with van der Waals surface area (Å²) in [6.07, 6.45) is 0.939. The van der Waals surface area contributed by atoms with Crippen LogP contribution in [0.3, 0.4) is 0 Å². The molecule has 0 saturated heterocycles. The van der Waals surface area contributed by atoms with Gasteiger partial charge in [0.05, 0.1) is 20.4 Å². The van der Waals surface area contributed by atoms with Crippen molar-refractivity contribution in [3.63, 3.8) is 0 Å². The summed E-state index contributed by atoms with van der Waals surface area (Å²) in [5, 5.41) is 0. The van der Waals surface area contributed by atoms with Gasteiger partial charge < -0.3 is 4.55 Å². The van der Waals surface area contributed by atoms with Gasteiger partial charge in [-0.1, -0.05) is 12.1 Å². The summed E-state index contributed by atoms with van der Waals surface area (Å²) >= 11 is 0. The normalized spacial score (nSPS) is 12.2. The van der Waals surface area contributed by atoms with E-state index in [0.717, 1.165) is 24.5 Å². The monoisotopic (exact) mass is 413 g/mol. The van der Waals surface area contributed by atoms with E-state index in [1.165, 1.54) is 30.3 Å². The molecule has 0 aliphatic heterocycles. The molecule has 0 aliphatic carbocycles. The van der Waals surface area contributed by atoms with Gasteiger partial charge in [-0.25, -0.2) is 25.3 Å². The van der Waals surface area contributed by atoms with Crippen molar-refractivity contribution in [2.75, 3.05) is 11.0 Å². The quantitative estimate of drug-likeness (QED) is 0.434. The fourth-order valence-electron chi connectivity index (χ4n) is 1.80. The minimum Gasteiger partial charge on any atom is -0.744 e. The zero-order valence-electron chi connectivity index (χ0n) is 13.2. The van der Waals surface area contributed by atoms with E-state index in [2.05, 4.69) is 4.72 Å². The van der Waals surface area contributed by atoms with E-state index in [4.69, 9.17) is 0 Å². The van der Waals surface area contributed by atoms with E-state index < -0.39 is 34.9 Å². The van der Waals surface area contributed by atoms with Gasteiger partial charge in [-0.15, -0.1) is 0 Å². The van der Waals surface area contributed by atoms with Crippen LogP contribution in [0.25, 0.3) is 0 Å². The summed E-state index contributed by atoms with van der Waals surface area (Å²) in [6, 6.07) is 9.05. The van der Waals surface area contributed by atoms with E-state index in [1.807, 2.05) is 0 Å². The van der Waals surface area contributed by atoms with Crippen molar-refractivity contribution in [1.29, 1.82) is 0 Å². The predicted octanol–water partition coefficient (Wildman–Crippen LogP) is -2.20. The van der Waals surface area contributed by atoms with Crippen LogP contribution in [-0.2, 0) is 30.0 Å². The molecule has 0 fully saturated rings. The summed E-state index contributed by atoms with van der Waals surface area (Å²) in [7, 11) is -12.5. The average molecular weight is 413 g/mol. The van der Waals surface area contributed by atoms with Crippen LogP contribution in [0.2, 0.25) is 0 Å². The SMILES string of the molecule is CS(=O)(=O)c1cccc(S(=O)(=O)Nc2cccc(S(=O)(=O)[O-])c2)c1.[Na+]. The molecule has 2 aromatic carbocycles. The summed E-state index contributed by atoms with van der Waals surface area (Å²) in [4.78, 5) is -1.09. The van der Waals surface area contributed by atoms with E-state index in [9.17, 15) is 29.8 Å². The maximum atomic E-state index is 12.3. The second-order valence-corrected chi connectivity index (χ2v) is 9.91. The van der Waals surface area contributed by atoms with E-state index >= 15 is 0 Å². The number of rotatable bonds is 5. The molecule has 0 unspecified atom stereocenters. The number of hydrogen-bond donors (Lipinski definition) is 1. The van der Waals surface area contributed by atoms with Gasteiger partial charge in [0.15, 0.2) is 9.84 Å². The molecule has 25 heavy (non-hydrogen) atoms. The van der Waals surface area contributed by atoms with Crippen molar-refractivity contribution in [3.8, 4) is 0 Å². The summed E-state index contributed by atoms with van der Waals surface area (Å²) in [6.45, 7) is 0. The van der Waals surface area contributed by atoms with E-state index in [1.54, 1.807) is 0 Å². The largest absolute Gasteiger partial charge is 1.00 e. The van der Waals surface area contributed by atoms with Crippen LogP contribution in [0.5, 0.6) is 0 Å². The number of anilines is 1. The topological polar surface area (TPSA) is 138 Å². The maximum Gasteiger partial charge on any atom is 1.00 e. The Labute approximate surface area is 168 Å². The summed E-state index contributed by atoms with van der Waals surface area (Å²) in [5.74, 6) is 0. The van der Waals surface area contributed by atoms with E-state index in [-0.39, 0.29) is 45.0 Å². The Kier molecular flexibility index (Phi) is 6.84. The van der Waals surface area contributed by atoms with Crippen LogP contribution in [0.4, 0.5) is 5.69 Å². The van der Waals surface area contributed by atoms with Gasteiger partial charge in [-0.05, 0) is 36.4 Å². The molecule has 0 bridgehead atoms. The molecule has 0 spiro atoms. The first-order valence-electron chi connectivity index (χ1n) is 6.28. The number of hydrogen-bond acceptors (Lipinski definition) is 7. The van der Waals surface area contributed by atoms with Gasteiger partial charge in [0, 0.05) is 6.26 Å². The molecule has 0 atom stereocenters. The van der Waals surface area contributed by atoms with Crippen molar-refractivity contribution in [2.24, 2.45) is 0 Å². The van der Waals surface area contributed by atoms with Crippen LogP contribution >= 0.6 is 0 Å². The molecule has 2 aromatic rings. The minimum atomic E-state index is -4.74. The first-order chi connectivity index (χ1) is 10.9. The predicted molar refractivity (Wildman–Crippen MR) is 84.8 cm³/mol. The molecule has 0 aliphatic rings. The zero-order chi connectivity index (χ0) is 18.2. The molecule has 2 rings (SSSR count). The number of benzene rings is 2. The van der Waals surface area contributed by atoms with Gasteiger partial charge in [-0.3, -0.25) is 4.72 Å². The number of sulfonamides is 1. The van der Waals surface area contributed by atoms with Crippen LogP contribution in [0.1, 0.15) is 0 Å². The first-order valence-corrected chi connectivity index (χ1v) is 11.1. The number of nitrogens with one attached hydrogen (secondary N) is 1. The first kappa shape index (κ1) is 22.1.